The van der Waals surface area contributed by atoms with Gasteiger partial charge < -0.3 is 4.74 Å². The summed E-state index contributed by atoms with van der Waals surface area (Å²) in [5, 5.41) is 0. The van der Waals surface area contributed by atoms with Crippen molar-refractivity contribution >= 4 is 11.8 Å². The second-order valence-electron chi connectivity index (χ2n) is 5.07. The molecule has 22 heavy (non-hydrogen) atoms. The number of rotatable bonds is 5. The number of esters is 1. The summed E-state index contributed by atoms with van der Waals surface area (Å²) in [6.45, 7) is 5.91. The van der Waals surface area contributed by atoms with E-state index in [-0.39, 0.29) is 18.8 Å². The van der Waals surface area contributed by atoms with Crippen LogP contribution in [-0.4, -0.2) is 23.3 Å². The largest absolute Gasteiger partial charge is 0.466 e. The lowest BCUT2D eigenvalue weighted by Gasteiger charge is -2.07. The van der Waals surface area contributed by atoms with E-state index in [0.29, 0.717) is 5.56 Å². The third-order valence-corrected chi connectivity index (χ3v) is 3.35. The lowest BCUT2D eigenvalue weighted by Crippen LogP contribution is -2.11. The van der Waals surface area contributed by atoms with Gasteiger partial charge >= 0.3 is 5.97 Å². The van der Waals surface area contributed by atoms with Crippen LogP contribution in [0, 0.1) is 13.8 Å². The summed E-state index contributed by atoms with van der Waals surface area (Å²) in [5.41, 5.74) is 4.47. The lowest BCUT2D eigenvalue weighted by atomic mass is 10.0. The Labute approximate surface area is 130 Å². The number of nitrogens with zero attached hydrogens (tertiary/aromatic N) is 1. The molecule has 0 unspecified atom stereocenters. The van der Waals surface area contributed by atoms with Gasteiger partial charge in [0.25, 0.3) is 0 Å². The molecule has 0 fully saturated rings. The van der Waals surface area contributed by atoms with Gasteiger partial charge in [0, 0.05) is 22.5 Å². The van der Waals surface area contributed by atoms with E-state index in [1.807, 2.05) is 38.1 Å². The molecular formula is C18H19NO3. The van der Waals surface area contributed by atoms with Crippen molar-refractivity contribution in [2.75, 3.05) is 6.61 Å². The van der Waals surface area contributed by atoms with Gasteiger partial charge in [0.1, 0.15) is 6.42 Å². The van der Waals surface area contributed by atoms with Crippen LogP contribution in [-0.2, 0) is 9.53 Å². The summed E-state index contributed by atoms with van der Waals surface area (Å²) in [5.74, 6) is -0.723. The highest BCUT2D eigenvalue weighted by atomic mass is 16.5. The zero-order chi connectivity index (χ0) is 16.1. The Bertz CT molecular complexity index is 690. The van der Waals surface area contributed by atoms with Gasteiger partial charge in [-0.05, 0) is 32.4 Å². The number of benzene rings is 1. The SMILES string of the molecule is CCOC(=O)CC(=O)c1ccc(-c2ccc(C)nc2C)cc1. The molecule has 0 N–H and O–H groups in total. The van der Waals surface area contributed by atoms with Gasteiger partial charge in [-0.15, -0.1) is 0 Å². The average molecular weight is 297 g/mol. The van der Waals surface area contributed by atoms with Crippen molar-refractivity contribution in [2.45, 2.75) is 27.2 Å². The Kier molecular flexibility index (Phi) is 5.04. The maximum absolute atomic E-state index is 12.0. The van der Waals surface area contributed by atoms with Gasteiger partial charge in [0.15, 0.2) is 5.78 Å². The van der Waals surface area contributed by atoms with Gasteiger partial charge in [0.2, 0.25) is 0 Å². The fraction of sp³-hybridized carbons (Fsp3) is 0.278. The van der Waals surface area contributed by atoms with Crippen molar-refractivity contribution in [2.24, 2.45) is 0 Å². The first kappa shape index (κ1) is 15.9. The molecule has 2 rings (SSSR count). The second-order valence-corrected chi connectivity index (χ2v) is 5.07. The normalized spacial score (nSPS) is 10.3. The third-order valence-electron chi connectivity index (χ3n) is 3.35. The molecular weight excluding hydrogens is 278 g/mol. The first-order valence-electron chi connectivity index (χ1n) is 7.24. The molecule has 2 aromatic rings. The number of carbonyl (C=O) groups excluding carboxylic acids is 2. The maximum Gasteiger partial charge on any atom is 0.313 e. The molecule has 1 heterocycles. The van der Waals surface area contributed by atoms with E-state index < -0.39 is 5.97 Å². The number of aryl methyl sites for hydroxylation is 2. The van der Waals surface area contributed by atoms with E-state index in [2.05, 4.69) is 4.98 Å². The minimum Gasteiger partial charge on any atom is -0.466 e. The number of carbonyl (C=O) groups is 2. The number of hydrogen-bond acceptors (Lipinski definition) is 4. The van der Waals surface area contributed by atoms with Gasteiger partial charge in [-0.1, -0.05) is 30.3 Å². The van der Waals surface area contributed by atoms with Gasteiger partial charge in [-0.3, -0.25) is 14.6 Å². The summed E-state index contributed by atoms with van der Waals surface area (Å²) < 4.78 is 4.79. The number of Topliss-reactive ketones (excluding diaryl/α,β-unsaturated/α-hetero) is 1. The average Bonchev–Trinajstić information content (AvgIpc) is 2.47. The van der Waals surface area contributed by atoms with E-state index in [1.54, 1.807) is 19.1 Å². The van der Waals surface area contributed by atoms with Crippen LogP contribution >= 0.6 is 0 Å². The highest BCUT2D eigenvalue weighted by molar-refractivity contribution is 6.06. The van der Waals surface area contributed by atoms with Crippen LogP contribution in [0.4, 0.5) is 0 Å². The highest BCUT2D eigenvalue weighted by Crippen LogP contribution is 2.23. The number of aromatic nitrogens is 1. The monoisotopic (exact) mass is 297 g/mol. The first-order chi connectivity index (χ1) is 10.5. The Hall–Kier alpha value is -2.49. The summed E-state index contributed by atoms with van der Waals surface area (Å²) in [6.07, 6.45) is -0.224. The highest BCUT2D eigenvalue weighted by Gasteiger charge is 2.13. The standard InChI is InChI=1S/C18H19NO3/c1-4-22-18(21)11-17(20)15-8-6-14(7-9-15)16-10-5-12(2)19-13(16)3/h5-10H,4,11H2,1-3H3. The van der Waals surface area contributed by atoms with Crippen LogP contribution < -0.4 is 0 Å². The van der Waals surface area contributed by atoms with E-state index in [9.17, 15) is 9.59 Å². The van der Waals surface area contributed by atoms with Crippen molar-refractivity contribution < 1.29 is 14.3 Å². The van der Waals surface area contributed by atoms with Gasteiger partial charge in [-0.2, -0.15) is 0 Å². The molecule has 0 radical (unpaired) electrons. The summed E-state index contributed by atoms with van der Waals surface area (Å²) in [7, 11) is 0. The first-order valence-corrected chi connectivity index (χ1v) is 7.24. The van der Waals surface area contributed by atoms with E-state index in [1.165, 1.54) is 0 Å². The number of ether oxygens (including phenoxy) is 1. The molecule has 0 amide bonds. The summed E-state index contributed by atoms with van der Waals surface area (Å²) in [4.78, 5) is 27.8. The molecule has 114 valence electrons. The van der Waals surface area contributed by atoms with Crippen molar-refractivity contribution in [3.63, 3.8) is 0 Å². The third kappa shape index (κ3) is 3.79. The number of pyridine rings is 1. The van der Waals surface area contributed by atoms with Crippen LogP contribution in [0.15, 0.2) is 36.4 Å². The quantitative estimate of drug-likeness (QED) is 0.481. The molecule has 1 aromatic carbocycles. The molecule has 1 aromatic heterocycles. The zero-order valence-electron chi connectivity index (χ0n) is 13.1. The van der Waals surface area contributed by atoms with Crippen LogP contribution in [0.2, 0.25) is 0 Å². The predicted octanol–water partition coefficient (Wildman–Crippen LogP) is 3.50. The van der Waals surface area contributed by atoms with Crippen molar-refractivity contribution in [3.8, 4) is 11.1 Å². The fourth-order valence-corrected chi connectivity index (χ4v) is 2.27. The van der Waals surface area contributed by atoms with Crippen molar-refractivity contribution in [1.29, 1.82) is 0 Å². The molecule has 0 atom stereocenters. The lowest BCUT2D eigenvalue weighted by molar-refractivity contribution is -0.141. The Balaban J connectivity index is 2.16. The van der Waals surface area contributed by atoms with Gasteiger partial charge in [0.05, 0.1) is 6.61 Å². The van der Waals surface area contributed by atoms with Gasteiger partial charge in [-0.25, -0.2) is 0 Å². The number of hydrogen-bond donors (Lipinski definition) is 0. The summed E-state index contributed by atoms with van der Waals surface area (Å²) in [6, 6.07) is 11.2. The Morgan fingerprint density at radius 1 is 1.05 bits per heavy atom. The molecule has 0 aliphatic rings. The van der Waals surface area contributed by atoms with E-state index >= 15 is 0 Å². The van der Waals surface area contributed by atoms with E-state index in [0.717, 1.165) is 22.5 Å². The van der Waals surface area contributed by atoms with Crippen molar-refractivity contribution in [3.05, 3.63) is 53.3 Å². The molecule has 0 aliphatic carbocycles. The smallest absolute Gasteiger partial charge is 0.313 e. The Morgan fingerprint density at radius 3 is 2.32 bits per heavy atom. The van der Waals surface area contributed by atoms with Crippen LogP contribution in [0.25, 0.3) is 11.1 Å². The van der Waals surface area contributed by atoms with Crippen LogP contribution in [0.1, 0.15) is 35.1 Å². The van der Waals surface area contributed by atoms with Crippen molar-refractivity contribution in [1.82, 2.24) is 4.98 Å². The Morgan fingerprint density at radius 2 is 1.73 bits per heavy atom. The summed E-state index contributed by atoms with van der Waals surface area (Å²) >= 11 is 0. The predicted molar refractivity (Wildman–Crippen MR) is 84.7 cm³/mol. The molecule has 0 saturated heterocycles. The zero-order valence-corrected chi connectivity index (χ0v) is 13.1. The molecule has 0 aliphatic heterocycles. The fourth-order valence-electron chi connectivity index (χ4n) is 2.27. The van der Waals surface area contributed by atoms with Crippen LogP contribution in [0.3, 0.4) is 0 Å². The minimum atomic E-state index is -0.491. The van der Waals surface area contributed by atoms with Crippen LogP contribution in [0.5, 0.6) is 0 Å². The molecule has 4 heteroatoms. The molecule has 0 saturated carbocycles. The topological polar surface area (TPSA) is 56.3 Å². The van der Waals surface area contributed by atoms with E-state index in [4.69, 9.17) is 4.74 Å². The molecule has 0 bridgehead atoms. The maximum atomic E-state index is 12.0. The molecule has 4 nitrogen and oxygen atoms in total. The number of ketones is 1. The second kappa shape index (κ2) is 6.98. The minimum absolute atomic E-state index is 0.224. The molecule has 0 spiro atoms.